The van der Waals surface area contributed by atoms with Crippen molar-refractivity contribution in [3.8, 4) is 0 Å². The van der Waals surface area contributed by atoms with Crippen LogP contribution >= 0.6 is 0 Å². The van der Waals surface area contributed by atoms with Gasteiger partial charge in [-0.1, -0.05) is 12.1 Å². The fourth-order valence-corrected chi connectivity index (χ4v) is 1.63. The highest BCUT2D eigenvalue weighted by molar-refractivity contribution is 5.11. The molecule has 1 aromatic heterocycles. The quantitative estimate of drug-likeness (QED) is 0.748. The molecule has 1 aromatic rings. The summed E-state index contributed by atoms with van der Waals surface area (Å²) in [4.78, 5) is 0. The molecule has 0 radical (unpaired) electrons. The summed E-state index contributed by atoms with van der Waals surface area (Å²) in [6.45, 7) is 2.99. The van der Waals surface area contributed by atoms with Crippen LogP contribution in [0.15, 0.2) is 0 Å². The Labute approximate surface area is 78.3 Å². The number of nitrogens with zero attached hydrogens (tertiary/aromatic N) is 3. The average molecular weight is 180 g/mol. The molecule has 4 heteroatoms. The SMILES string of the molecule is CCc1c(CNC)nnn1C1CC1. The van der Waals surface area contributed by atoms with Crippen molar-refractivity contribution in [1.82, 2.24) is 20.3 Å². The minimum atomic E-state index is 0.646. The van der Waals surface area contributed by atoms with Crippen LogP contribution in [0, 0.1) is 0 Å². The summed E-state index contributed by atoms with van der Waals surface area (Å²) in [5.74, 6) is 0. The van der Waals surface area contributed by atoms with Gasteiger partial charge in [-0.3, -0.25) is 0 Å². The van der Waals surface area contributed by atoms with Crippen LogP contribution in [-0.4, -0.2) is 22.0 Å². The molecule has 0 aromatic carbocycles. The molecule has 13 heavy (non-hydrogen) atoms. The predicted octanol–water partition coefficient (Wildman–Crippen LogP) is 0.895. The van der Waals surface area contributed by atoms with Crippen LogP contribution in [0.3, 0.4) is 0 Å². The summed E-state index contributed by atoms with van der Waals surface area (Å²) in [6.07, 6.45) is 3.57. The first-order chi connectivity index (χ1) is 6.36. The normalized spacial score (nSPS) is 16.5. The van der Waals surface area contributed by atoms with Crippen molar-refractivity contribution >= 4 is 0 Å². The summed E-state index contributed by atoms with van der Waals surface area (Å²) in [5.41, 5.74) is 2.41. The molecule has 2 rings (SSSR count). The first kappa shape index (κ1) is 8.69. The molecule has 72 valence electrons. The predicted molar refractivity (Wildman–Crippen MR) is 50.4 cm³/mol. The van der Waals surface area contributed by atoms with Gasteiger partial charge in [-0.25, -0.2) is 4.68 Å². The van der Waals surface area contributed by atoms with E-state index in [-0.39, 0.29) is 0 Å². The largest absolute Gasteiger partial charge is 0.314 e. The van der Waals surface area contributed by atoms with E-state index in [0.717, 1.165) is 18.7 Å². The van der Waals surface area contributed by atoms with Crippen molar-refractivity contribution in [2.24, 2.45) is 0 Å². The van der Waals surface area contributed by atoms with Crippen LogP contribution < -0.4 is 5.32 Å². The van der Waals surface area contributed by atoms with Crippen molar-refractivity contribution in [1.29, 1.82) is 0 Å². The Kier molecular flexibility index (Phi) is 2.31. The summed E-state index contributed by atoms with van der Waals surface area (Å²) in [5, 5.41) is 11.5. The van der Waals surface area contributed by atoms with E-state index in [1.54, 1.807) is 0 Å². The fraction of sp³-hybridized carbons (Fsp3) is 0.778. The number of hydrogen-bond acceptors (Lipinski definition) is 3. The molecule has 1 saturated carbocycles. The van der Waals surface area contributed by atoms with Crippen molar-refractivity contribution in [3.63, 3.8) is 0 Å². The van der Waals surface area contributed by atoms with Crippen molar-refractivity contribution in [2.75, 3.05) is 7.05 Å². The van der Waals surface area contributed by atoms with Gasteiger partial charge in [-0.2, -0.15) is 0 Å². The molecule has 1 heterocycles. The van der Waals surface area contributed by atoms with Crippen LogP contribution in [0.25, 0.3) is 0 Å². The number of hydrogen-bond donors (Lipinski definition) is 1. The van der Waals surface area contributed by atoms with E-state index >= 15 is 0 Å². The van der Waals surface area contributed by atoms with Gasteiger partial charge in [0.2, 0.25) is 0 Å². The van der Waals surface area contributed by atoms with Gasteiger partial charge in [-0.15, -0.1) is 5.10 Å². The molecule has 0 unspecified atom stereocenters. The number of aromatic nitrogens is 3. The van der Waals surface area contributed by atoms with E-state index in [0.29, 0.717) is 6.04 Å². The van der Waals surface area contributed by atoms with E-state index < -0.39 is 0 Å². The Morgan fingerprint density at radius 3 is 2.85 bits per heavy atom. The van der Waals surface area contributed by atoms with Crippen LogP contribution in [0.1, 0.15) is 37.2 Å². The molecule has 1 N–H and O–H groups in total. The third-order valence-electron chi connectivity index (χ3n) is 2.44. The molecule has 0 amide bonds. The lowest BCUT2D eigenvalue weighted by molar-refractivity contribution is 0.585. The molecule has 0 bridgehead atoms. The molecule has 0 saturated heterocycles. The highest BCUT2D eigenvalue weighted by Gasteiger charge is 2.27. The smallest absolute Gasteiger partial charge is 0.0996 e. The zero-order valence-electron chi connectivity index (χ0n) is 8.25. The Balaban J connectivity index is 2.24. The first-order valence-electron chi connectivity index (χ1n) is 4.94. The monoisotopic (exact) mass is 180 g/mol. The Morgan fingerprint density at radius 2 is 2.31 bits per heavy atom. The number of rotatable bonds is 4. The van der Waals surface area contributed by atoms with Gasteiger partial charge in [0.25, 0.3) is 0 Å². The Bertz CT molecular complexity index is 288. The first-order valence-corrected chi connectivity index (χ1v) is 4.94. The van der Waals surface area contributed by atoms with Gasteiger partial charge in [0, 0.05) is 6.54 Å². The maximum absolute atomic E-state index is 4.19. The topological polar surface area (TPSA) is 42.7 Å². The minimum Gasteiger partial charge on any atom is -0.314 e. The second-order valence-electron chi connectivity index (χ2n) is 3.54. The van der Waals surface area contributed by atoms with Gasteiger partial charge in [0.1, 0.15) is 0 Å². The standard InChI is InChI=1S/C9H16N4/c1-3-9-8(6-10-2)11-12-13(9)7-4-5-7/h7,10H,3-6H2,1-2H3. The van der Waals surface area contributed by atoms with Gasteiger partial charge in [0.15, 0.2) is 0 Å². The average Bonchev–Trinajstić information content (AvgIpc) is 2.89. The lowest BCUT2D eigenvalue weighted by atomic mass is 10.2. The molecule has 0 spiro atoms. The van der Waals surface area contributed by atoms with E-state index in [9.17, 15) is 0 Å². The molecule has 0 aliphatic heterocycles. The van der Waals surface area contributed by atoms with E-state index in [2.05, 4.69) is 27.2 Å². The van der Waals surface area contributed by atoms with Gasteiger partial charge in [-0.05, 0) is 26.3 Å². The van der Waals surface area contributed by atoms with E-state index in [1.165, 1.54) is 18.5 Å². The number of nitrogens with one attached hydrogen (secondary N) is 1. The van der Waals surface area contributed by atoms with Gasteiger partial charge in [0.05, 0.1) is 17.4 Å². The second-order valence-corrected chi connectivity index (χ2v) is 3.54. The molecular weight excluding hydrogens is 164 g/mol. The highest BCUT2D eigenvalue weighted by Crippen LogP contribution is 2.35. The van der Waals surface area contributed by atoms with Crippen molar-refractivity contribution < 1.29 is 0 Å². The summed E-state index contributed by atoms with van der Waals surface area (Å²) >= 11 is 0. The zero-order chi connectivity index (χ0) is 9.26. The van der Waals surface area contributed by atoms with Crippen LogP contribution in [0.4, 0.5) is 0 Å². The molecule has 0 atom stereocenters. The second kappa shape index (κ2) is 3.46. The Hall–Kier alpha value is -0.900. The van der Waals surface area contributed by atoms with Crippen LogP contribution in [0.5, 0.6) is 0 Å². The maximum atomic E-state index is 4.19. The van der Waals surface area contributed by atoms with E-state index in [4.69, 9.17) is 0 Å². The summed E-state index contributed by atoms with van der Waals surface area (Å²) in [6, 6.07) is 0.646. The lowest BCUT2D eigenvalue weighted by Crippen LogP contribution is -2.09. The third-order valence-corrected chi connectivity index (χ3v) is 2.44. The highest BCUT2D eigenvalue weighted by atomic mass is 15.5. The summed E-state index contributed by atoms with van der Waals surface area (Å²) in [7, 11) is 1.94. The third kappa shape index (κ3) is 1.58. The van der Waals surface area contributed by atoms with Crippen molar-refractivity contribution in [2.45, 2.75) is 38.8 Å². The van der Waals surface area contributed by atoms with E-state index in [1.807, 2.05) is 7.05 Å². The van der Waals surface area contributed by atoms with Gasteiger partial charge < -0.3 is 5.32 Å². The van der Waals surface area contributed by atoms with Gasteiger partial charge >= 0.3 is 0 Å². The molecule has 4 nitrogen and oxygen atoms in total. The molecule has 1 fully saturated rings. The summed E-state index contributed by atoms with van der Waals surface area (Å²) < 4.78 is 2.10. The maximum Gasteiger partial charge on any atom is 0.0996 e. The molecule has 1 aliphatic carbocycles. The minimum absolute atomic E-state index is 0.646. The zero-order valence-corrected chi connectivity index (χ0v) is 8.25. The lowest BCUT2D eigenvalue weighted by Gasteiger charge is -2.03. The van der Waals surface area contributed by atoms with Crippen LogP contribution in [-0.2, 0) is 13.0 Å². The van der Waals surface area contributed by atoms with Crippen molar-refractivity contribution in [3.05, 3.63) is 11.4 Å². The molecular formula is C9H16N4. The molecule has 1 aliphatic rings. The Morgan fingerprint density at radius 1 is 1.54 bits per heavy atom. The van der Waals surface area contributed by atoms with Crippen LogP contribution in [0.2, 0.25) is 0 Å². The fourth-order valence-electron chi connectivity index (χ4n) is 1.63.